The number of benzene rings is 1. The Morgan fingerprint density at radius 3 is 2.61 bits per heavy atom. The molecule has 0 aliphatic carbocycles. The third-order valence-corrected chi connectivity index (χ3v) is 3.65. The van der Waals surface area contributed by atoms with E-state index in [9.17, 15) is 0 Å². The van der Waals surface area contributed by atoms with Crippen LogP contribution in [0.2, 0.25) is 0 Å². The van der Waals surface area contributed by atoms with Crippen LogP contribution in [0.15, 0.2) is 30.6 Å². The van der Waals surface area contributed by atoms with Crippen LogP contribution in [0.1, 0.15) is 11.1 Å². The molecule has 0 bridgehead atoms. The Balaban J connectivity index is 1.74. The molecule has 0 radical (unpaired) electrons. The molecule has 0 spiro atoms. The summed E-state index contributed by atoms with van der Waals surface area (Å²) >= 11 is 5.27. The number of ether oxygens (including phenoxy) is 2. The predicted octanol–water partition coefficient (Wildman–Crippen LogP) is 1.64. The van der Waals surface area contributed by atoms with E-state index >= 15 is 0 Å². The molecule has 7 heteroatoms. The van der Waals surface area contributed by atoms with Crippen LogP contribution in [0.4, 0.5) is 0 Å². The highest BCUT2D eigenvalue weighted by Crippen LogP contribution is 2.27. The van der Waals surface area contributed by atoms with E-state index in [-0.39, 0.29) is 0 Å². The topological polar surface area (TPSA) is 60.3 Å². The highest BCUT2D eigenvalue weighted by Gasteiger charge is 2.05. The molecule has 0 atom stereocenters. The minimum Gasteiger partial charge on any atom is -0.493 e. The smallest absolute Gasteiger partial charge is 0.166 e. The minimum absolute atomic E-state index is 0.634. The molecule has 0 saturated carbocycles. The number of aromatic nitrogens is 2. The minimum atomic E-state index is 0.634. The van der Waals surface area contributed by atoms with Gasteiger partial charge in [-0.1, -0.05) is 6.07 Å². The zero-order chi connectivity index (χ0) is 16.7. The van der Waals surface area contributed by atoms with Gasteiger partial charge in [0.1, 0.15) is 0 Å². The Labute approximate surface area is 141 Å². The van der Waals surface area contributed by atoms with Crippen LogP contribution >= 0.6 is 12.2 Å². The summed E-state index contributed by atoms with van der Waals surface area (Å²) in [5.41, 5.74) is 2.25. The number of nitrogens with zero attached hydrogens (tertiary/aromatic N) is 2. The Kier molecular flexibility index (Phi) is 6.22. The zero-order valence-corrected chi connectivity index (χ0v) is 14.4. The van der Waals surface area contributed by atoms with Crippen molar-refractivity contribution < 1.29 is 9.47 Å². The first-order chi connectivity index (χ1) is 11.1. The summed E-state index contributed by atoms with van der Waals surface area (Å²) in [7, 11) is 5.16. The number of methoxy groups -OCH3 is 2. The molecule has 0 amide bonds. The number of hydrogen-bond donors (Lipinski definition) is 2. The molecule has 0 saturated heterocycles. The van der Waals surface area contributed by atoms with Crippen molar-refractivity contribution in [1.82, 2.24) is 20.4 Å². The van der Waals surface area contributed by atoms with Gasteiger partial charge in [0, 0.05) is 31.9 Å². The van der Waals surface area contributed by atoms with Gasteiger partial charge in [0.05, 0.1) is 20.4 Å². The first kappa shape index (κ1) is 17.1. The summed E-state index contributed by atoms with van der Waals surface area (Å²) < 4.78 is 12.3. The molecule has 0 unspecified atom stereocenters. The van der Waals surface area contributed by atoms with Crippen molar-refractivity contribution in [3.05, 3.63) is 41.7 Å². The molecular weight excluding hydrogens is 312 g/mol. The molecule has 2 N–H and O–H groups in total. The highest BCUT2D eigenvalue weighted by atomic mass is 32.1. The number of aryl methyl sites for hydroxylation is 1. The van der Waals surface area contributed by atoms with Crippen molar-refractivity contribution in [2.45, 2.75) is 13.0 Å². The number of nitrogens with one attached hydrogen (secondary N) is 2. The lowest BCUT2D eigenvalue weighted by Crippen LogP contribution is -2.35. The van der Waals surface area contributed by atoms with Crippen molar-refractivity contribution in [3.8, 4) is 11.5 Å². The molecule has 23 heavy (non-hydrogen) atoms. The van der Waals surface area contributed by atoms with E-state index in [0.29, 0.717) is 11.7 Å². The van der Waals surface area contributed by atoms with E-state index in [4.69, 9.17) is 21.7 Å². The molecule has 2 rings (SSSR count). The molecule has 2 aromatic rings. The number of rotatable bonds is 7. The lowest BCUT2D eigenvalue weighted by Gasteiger charge is -2.11. The average Bonchev–Trinajstić information content (AvgIpc) is 2.98. The van der Waals surface area contributed by atoms with Crippen molar-refractivity contribution >= 4 is 17.3 Å². The van der Waals surface area contributed by atoms with Gasteiger partial charge in [-0.05, 0) is 36.3 Å². The molecule has 0 fully saturated rings. The predicted molar refractivity (Wildman–Crippen MR) is 93.9 cm³/mol. The summed E-state index contributed by atoms with van der Waals surface area (Å²) in [5.74, 6) is 1.47. The SMILES string of the molecule is COc1ccc(CCNC(=S)NCc2cnn(C)c2)cc1OC. The van der Waals surface area contributed by atoms with Gasteiger partial charge >= 0.3 is 0 Å². The van der Waals surface area contributed by atoms with Crippen LogP contribution in [-0.2, 0) is 20.0 Å². The summed E-state index contributed by atoms with van der Waals surface area (Å²) in [5, 5.41) is 11.1. The van der Waals surface area contributed by atoms with E-state index in [1.165, 1.54) is 0 Å². The van der Waals surface area contributed by atoms with Gasteiger partial charge in [-0.25, -0.2) is 0 Å². The van der Waals surface area contributed by atoms with Crippen molar-refractivity contribution in [2.75, 3.05) is 20.8 Å². The largest absolute Gasteiger partial charge is 0.493 e. The second kappa shape index (κ2) is 8.38. The van der Waals surface area contributed by atoms with Crippen molar-refractivity contribution in [1.29, 1.82) is 0 Å². The zero-order valence-electron chi connectivity index (χ0n) is 13.6. The maximum absolute atomic E-state index is 5.30. The van der Waals surface area contributed by atoms with E-state index < -0.39 is 0 Å². The standard InChI is InChI=1S/C16H22N4O2S/c1-20-11-13(10-19-20)9-18-16(23)17-7-6-12-4-5-14(21-2)15(8-12)22-3/h4-5,8,10-11H,6-7,9H2,1-3H3,(H2,17,18,23). The molecule has 6 nitrogen and oxygen atoms in total. The monoisotopic (exact) mass is 334 g/mol. The Hall–Kier alpha value is -2.28. The van der Waals surface area contributed by atoms with Crippen LogP contribution in [0, 0.1) is 0 Å². The van der Waals surface area contributed by atoms with Crippen LogP contribution in [0.3, 0.4) is 0 Å². The van der Waals surface area contributed by atoms with Gasteiger partial charge in [-0.15, -0.1) is 0 Å². The van der Waals surface area contributed by atoms with Crippen LogP contribution in [0.25, 0.3) is 0 Å². The summed E-state index contributed by atoms with van der Waals surface area (Å²) in [6.45, 7) is 1.41. The number of hydrogen-bond acceptors (Lipinski definition) is 4. The normalized spacial score (nSPS) is 10.2. The van der Waals surface area contributed by atoms with Crippen LogP contribution in [-0.4, -0.2) is 35.7 Å². The van der Waals surface area contributed by atoms with Gasteiger partial charge in [-0.2, -0.15) is 5.10 Å². The van der Waals surface area contributed by atoms with E-state index in [2.05, 4.69) is 15.7 Å². The maximum atomic E-state index is 5.30. The fourth-order valence-corrected chi connectivity index (χ4v) is 2.34. The summed E-state index contributed by atoms with van der Waals surface area (Å²) in [6, 6.07) is 5.91. The maximum Gasteiger partial charge on any atom is 0.166 e. The molecule has 1 heterocycles. The van der Waals surface area contributed by atoms with E-state index in [1.807, 2.05) is 37.6 Å². The van der Waals surface area contributed by atoms with Crippen LogP contribution < -0.4 is 20.1 Å². The Bertz CT molecular complexity index is 657. The van der Waals surface area contributed by atoms with Gasteiger partial charge in [0.2, 0.25) is 0 Å². The molecule has 0 aliphatic rings. The molecule has 124 valence electrons. The van der Waals surface area contributed by atoms with Crippen LogP contribution in [0.5, 0.6) is 11.5 Å². The fraction of sp³-hybridized carbons (Fsp3) is 0.375. The third-order valence-electron chi connectivity index (χ3n) is 3.36. The van der Waals surface area contributed by atoms with Crippen molar-refractivity contribution in [3.63, 3.8) is 0 Å². The fourth-order valence-electron chi connectivity index (χ4n) is 2.16. The quantitative estimate of drug-likeness (QED) is 0.751. The number of thiocarbonyl (C=S) groups is 1. The Morgan fingerprint density at radius 1 is 1.17 bits per heavy atom. The third kappa shape index (κ3) is 5.14. The summed E-state index contributed by atoms with van der Waals surface area (Å²) in [6.07, 6.45) is 4.62. The van der Waals surface area contributed by atoms with Gasteiger partial charge < -0.3 is 20.1 Å². The van der Waals surface area contributed by atoms with Gasteiger partial charge in [0.15, 0.2) is 16.6 Å². The second-order valence-electron chi connectivity index (χ2n) is 5.07. The molecular formula is C16H22N4O2S. The van der Waals surface area contributed by atoms with Crippen molar-refractivity contribution in [2.24, 2.45) is 7.05 Å². The Morgan fingerprint density at radius 2 is 1.96 bits per heavy atom. The molecule has 0 aliphatic heterocycles. The first-order valence-electron chi connectivity index (χ1n) is 7.32. The summed E-state index contributed by atoms with van der Waals surface area (Å²) in [4.78, 5) is 0. The second-order valence-corrected chi connectivity index (χ2v) is 5.48. The van der Waals surface area contributed by atoms with Gasteiger partial charge in [0.25, 0.3) is 0 Å². The van der Waals surface area contributed by atoms with E-state index in [1.54, 1.807) is 18.9 Å². The lowest BCUT2D eigenvalue weighted by molar-refractivity contribution is 0.354. The lowest BCUT2D eigenvalue weighted by atomic mass is 10.1. The molecule has 1 aromatic heterocycles. The van der Waals surface area contributed by atoms with Gasteiger partial charge in [-0.3, -0.25) is 4.68 Å². The highest BCUT2D eigenvalue weighted by molar-refractivity contribution is 7.80. The molecule has 1 aromatic carbocycles. The van der Waals surface area contributed by atoms with E-state index in [0.717, 1.165) is 35.6 Å². The first-order valence-corrected chi connectivity index (χ1v) is 7.73. The average molecular weight is 334 g/mol.